The summed E-state index contributed by atoms with van der Waals surface area (Å²) in [6, 6.07) is 0. The van der Waals surface area contributed by atoms with Crippen LogP contribution in [0.5, 0.6) is 0 Å². The van der Waals surface area contributed by atoms with Gasteiger partial charge in [-0.1, -0.05) is 169 Å². The molecular formula is C50H100N2O6. The predicted molar refractivity (Wildman–Crippen MR) is 246 cm³/mol. The Hall–Kier alpha value is -1.22. The van der Waals surface area contributed by atoms with Gasteiger partial charge in [0, 0.05) is 26.7 Å². The first-order valence-electron chi connectivity index (χ1n) is 25.4. The number of unbranched alkanes of at least 4 members (excludes halogenated alkanes) is 20. The van der Waals surface area contributed by atoms with Gasteiger partial charge in [0.2, 0.25) is 5.91 Å². The van der Waals surface area contributed by atoms with E-state index in [-0.39, 0.29) is 24.6 Å². The molecule has 8 heteroatoms. The Balaban J connectivity index is 4.44. The number of nitrogens with zero attached hydrogens (tertiary/aromatic N) is 1. The molecule has 0 bridgehead atoms. The van der Waals surface area contributed by atoms with Crippen LogP contribution in [0.4, 0.5) is 0 Å². The second-order valence-corrected chi connectivity index (χ2v) is 17.5. The van der Waals surface area contributed by atoms with Gasteiger partial charge in [-0.05, 0) is 96.2 Å². The summed E-state index contributed by atoms with van der Waals surface area (Å²) in [4.78, 5) is 27.2. The number of amides is 1. The molecule has 1 atom stereocenters. The molecule has 0 aromatic carbocycles. The SMILES string of the molecule is CCCCCCCCC(CCCCCCCC)OC(=O)CCCCCCCN(CCCCCCCC(O)OCCC(CCCC)CCCC)CCCNC(=O)COC. The third-order valence-electron chi connectivity index (χ3n) is 11.9. The highest BCUT2D eigenvalue weighted by Gasteiger charge is 2.15. The molecule has 0 aliphatic rings. The molecule has 0 aliphatic heterocycles. The van der Waals surface area contributed by atoms with Gasteiger partial charge >= 0.3 is 5.97 Å². The fourth-order valence-electron chi connectivity index (χ4n) is 8.05. The van der Waals surface area contributed by atoms with E-state index in [0.717, 1.165) is 96.2 Å². The van der Waals surface area contributed by atoms with E-state index < -0.39 is 6.29 Å². The Labute approximate surface area is 360 Å². The fourth-order valence-corrected chi connectivity index (χ4v) is 8.05. The maximum atomic E-state index is 12.8. The predicted octanol–water partition coefficient (Wildman–Crippen LogP) is 13.3. The van der Waals surface area contributed by atoms with Gasteiger partial charge < -0.3 is 29.5 Å². The van der Waals surface area contributed by atoms with E-state index >= 15 is 0 Å². The van der Waals surface area contributed by atoms with Crippen molar-refractivity contribution in [2.24, 2.45) is 5.92 Å². The molecule has 346 valence electrons. The third-order valence-corrected chi connectivity index (χ3v) is 11.9. The summed E-state index contributed by atoms with van der Waals surface area (Å²) < 4.78 is 16.8. The zero-order valence-electron chi connectivity index (χ0n) is 39.5. The van der Waals surface area contributed by atoms with Crippen LogP contribution in [-0.4, -0.2) is 80.8 Å². The molecule has 0 aromatic rings. The first kappa shape index (κ1) is 56.8. The average Bonchev–Trinajstić information content (AvgIpc) is 3.21. The molecular weight excluding hydrogens is 725 g/mol. The topological polar surface area (TPSA) is 97.3 Å². The van der Waals surface area contributed by atoms with Crippen molar-refractivity contribution in [2.45, 2.75) is 258 Å². The summed E-state index contributed by atoms with van der Waals surface area (Å²) in [5, 5.41) is 13.3. The molecule has 1 amide bonds. The Kier molecular flexibility index (Phi) is 44.4. The summed E-state index contributed by atoms with van der Waals surface area (Å²) in [5.41, 5.74) is 0. The van der Waals surface area contributed by atoms with Crippen LogP contribution in [0.15, 0.2) is 0 Å². The van der Waals surface area contributed by atoms with Crippen molar-refractivity contribution < 1.29 is 28.9 Å². The number of hydrogen-bond acceptors (Lipinski definition) is 7. The Morgan fingerprint density at radius 3 is 1.53 bits per heavy atom. The minimum atomic E-state index is -0.626. The average molecular weight is 825 g/mol. The Bertz CT molecular complexity index is 836. The molecule has 8 nitrogen and oxygen atoms in total. The number of carbonyl (C=O) groups is 2. The largest absolute Gasteiger partial charge is 0.462 e. The highest BCUT2D eigenvalue weighted by molar-refractivity contribution is 5.77. The third kappa shape index (κ3) is 40.2. The number of aliphatic hydroxyl groups excluding tert-OH is 1. The van der Waals surface area contributed by atoms with Crippen LogP contribution in [-0.2, 0) is 23.8 Å². The monoisotopic (exact) mass is 825 g/mol. The lowest BCUT2D eigenvalue weighted by atomic mass is 9.93. The molecule has 58 heavy (non-hydrogen) atoms. The molecule has 0 saturated carbocycles. The van der Waals surface area contributed by atoms with E-state index in [1.165, 1.54) is 141 Å². The van der Waals surface area contributed by atoms with Crippen molar-refractivity contribution in [1.29, 1.82) is 0 Å². The van der Waals surface area contributed by atoms with E-state index in [1.54, 1.807) is 7.11 Å². The number of rotatable bonds is 47. The lowest BCUT2D eigenvalue weighted by Crippen LogP contribution is -2.32. The lowest BCUT2D eigenvalue weighted by Gasteiger charge is -2.22. The number of methoxy groups -OCH3 is 1. The molecule has 0 radical (unpaired) electrons. The number of hydrogen-bond donors (Lipinski definition) is 2. The van der Waals surface area contributed by atoms with Gasteiger partial charge in [0.15, 0.2) is 6.29 Å². The number of nitrogens with one attached hydrogen (secondary N) is 1. The van der Waals surface area contributed by atoms with Gasteiger partial charge in [0.1, 0.15) is 12.7 Å². The minimum Gasteiger partial charge on any atom is -0.462 e. The van der Waals surface area contributed by atoms with E-state index in [1.807, 2.05) is 0 Å². The van der Waals surface area contributed by atoms with Crippen LogP contribution in [0.3, 0.4) is 0 Å². The molecule has 0 aliphatic carbocycles. The van der Waals surface area contributed by atoms with Crippen LogP contribution in [0.1, 0.15) is 246 Å². The van der Waals surface area contributed by atoms with Crippen LogP contribution >= 0.6 is 0 Å². The molecule has 0 aromatic heterocycles. The zero-order valence-corrected chi connectivity index (χ0v) is 39.5. The summed E-state index contributed by atoms with van der Waals surface area (Å²) in [5.74, 6) is 0.697. The first-order chi connectivity index (χ1) is 28.4. The van der Waals surface area contributed by atoms with Crippen LogP contribution < -0.4 is 5.32 Å². The maximum absolute atomic E-state index is 12.8. The van der Waals surface area contributed by atoms with Gasteiger partial charge in [-0.25, -0.2) is 0 Å². The summed E-state index contributed by atoms with van der Waals surface area (Å²) >= 11 is 0. The van der Waals surface area contributed by atoms with Crippen molar-refractivity contribution >= 4 is 11.9 Å². The van der Waals surface area contributed by atoms with Crippen molar-refractivity contribution in [2.75, 3.05) is 46.5 Å². The van der Waals surface area contributed by atoms with Gasteiger partial charge in [-0.15, -0.1) is 0 Å². The highest BCUT2D eigenvalue weighted by Crippen LogP contribution is 2.21. The molecule has 0 heterocycles. The van der Waals surface area contributed by atoms with Crippen LogP contribution in [0.25, 0.3) is 0 Å². The minimum absolute atomic E-state index is 0.0132. The quantitative estimate of drug-likeness (QED) is 0.0358. The fraction of sp³-hybridized carbons (Fsp3) is 0.960. The van der Waals surface area contributed by atoms with Crippen LogP contribution in [0.2, 0.25) is 0 Å². The molecule has 0 rings (SSSR count). The zero-order chi connectivity index (χ0) is 42.6. The van der Waals surface area contributed by atoms with Crippen molar-refractivity contribution in [1.82, 2.24) is 10.2 Å². The van der Waals surface area contributed by atoms with E-state index in [2.05, 4.69) is 37.9 Å². The second kappa shape index (κ2) is 45.3. The van der Waals surface area contributed by atoms with E-state index in [4.69, 9.17) is 14.2 Å². The van der Waals surface area contributed by atoms with E-state index in [9.17, 15) is 14.7 Å². The molecule has 0 saturated heterocycles. The molecule has 0 spiro atoms. The Morgan fingerprint density at radius 1 is 0.534 bits per heavy atom. The van der Waals surface area contributed by atoms with Crippen molar-refractivity contribution in [3.8, 4) is 0 Å². The summed E-state index contributed by atoms with van der Waals surface area (Å²) in [6.07, 6.45) is 39.0. The van der Waals surface area contributed by atoms with Crippen LogP contribution in [0, 0.1) is 5.92 Å². The molecule has 0 fully saturated rings. The highest BCUT2D eigenvalue weighted by atomic mass is 16.6. The van der Waals surface area contributed by atoms with Crippen molar-refractivity contribution in [3.05, 3.63) is 0 Å². The number of esters is 1. The van der Waals surface area contributed by atoms with Gasteiger partial charge in [0.05, 0.1) is 0 Å². The second-order valence-electron chi connectivity index (χ2n) is 17.5. The van der Waals surface area contributed by atoms with Crippen molar-refractivity contribution in [3.63, 3.8) is 0 Å². The summed E-state index contributed by atoms with van der Waals surface area (Å²) in [7, 11) is 1.55. The number of ether oxygens (including phenoxy) is 3. The number of carbonyl (C=O) groups excluding carboxylic acids is 2. The lowest BCUT2D eigenvalue weighted by molar-refractivity contribution is -0.150. The van der Waals surface area contributed by atoms with Gasteiger partial charge in [-0.3, -0.25) is 9.59 Å². The standard InChI is InChI=1S/C50H100N2O6/c1-6-10-14-16-20-26-35-47(36-27-21-17-15-11-7-2)58-50(55)38-29-23-19-25-31-42-52(43-32-40-51-48(53)45-56-5)41-30-24-18-22-28-37-49(54)57-44-39-46(33-12-8-3)34-13-9-4/h46-47,49,54H,6-45H2,1-5H3,(H,51,53). The van der Waals surface area contributed by atoms with E-state index in [0.29, 0.717) is 19.6 Å². The smallest absolute Gasteiger partial charge is 0.306 e. The first-order valence-corrected chi connectivity index (χ1v) is 25.4. The van der Waals surface area contributed by atoms with Gasteiger partial charge in [0.25, 0.3) is 0 Å². The Morgan fingerprint density at radius 2 is 1.00 bits per heavy atom. The molecule has 1 unspecified atom stereocenters. The van der Waals surface area contributed by atoms with Gasteiger partial charge in [-0.2, -0.15) is 0 Å². The molecule has 2 N–H and O–H groups in total. The number of aliphatic hydroxyl groups is 1. The normalized spacial score (nSPS) is 12.3. The summed E-state index contributed by atoms with van der Waals surface area (Å²) in [6.45, 7) is 13.7. The maximum Gasteiger partial charge on any atom is 0.306 e.